The van der Waals surface area contributed by atoms with Gasteiger partial charge in [0.05, 0.1) is 22.1 Å². The van der Waals surface area contributed by atoms with Crippen molar-refractivity contribution in [1.82, 2.24) is 9.97 Å². The van der Waals surface area contributed by atoms with Crippen LogP contribution < -0.4 is 10.3 Å². The molecule has 0 saturated heterocycles. The third-order valence-electron chi connectivity index (χ3n) is 4.72. The topological polar surface area (TPSA) is 76.3 Å². The lowest BCUT2D eigenvalue weighted by Gasteiger charge is -2.19. The third-order valence-corrected chi connectivity index (χ3v) is 5.77. The minimum Gasteiger partial charge on any atom is -0.451 e. The maximum Gasteiger partial charge on any atom is 0.296 e. The third kappa shape index (κ3) is 3.69. The lowest BCUT2D eigenvalue weighted by atomic mass is 10.2. The molecule has 0 aliphatic carbocycles. The van der Waals surface area contributed by atoms with Gasteiger partial charge in [0.25, 0.3) is 5.91 Å². The number of aromatic nitrogens is 2. The summed E-state index contributed by atoms with van der Waals surface area (Å²) in [5.41, 5.74) is 1.36. The molecule has 0 atom stereocenters. The molecule has 1 amide bonds. The Labute approximate surface area is 179 Å². The van der Waals surface area contributed by atoms with Crippen LogP contribution in [0.1, 0.15) is 16.1 Å². The van der Waals surface area contributed by atoms with Crippen molar-refractivity contribution in [3.05, 3.63) is 100 Å². The van der Waals surface area contributed by atoms with Crippen LogP contribution in [0.5, 0.6) is 0 Å². The van der Waals surface area contributed by atoms with Gasteiger partial charge in [-0.05, 0) is 42.0 Å². The molecule has 0 radical (unpaired) electrons. The summed E-state index contributed by atoms with van der Waals surface area (Å²) >= 11 is 1.18. The van der Waals surface area contributed by atoms with Crippen LogP contribution in [0.4, 0.5) is 9.52 Å². The van der Waals surface area contributed by atoms with E-state index in [0.29, 0.717) is 26.3 Å². The first-order valence-corrected chi connectivity index (χ1v) is 10.2. The second-order valence-corrected chi connectivity index (χ2v) is 7.84. The minimum atomic E-state index is -0.522. The molecule has 0 aliphatic rings. The van der Waals surface area contributed by atoms with Gasteiger partial charge < -0.3 is 4.42 Å². The van der Waals surface area contributed by atoms with Crippen LogP contribution in [-0.2, 0) is 6.54 Å². The van der Waals surface area contributed by atoms with E-state index in [9.17, 15) is 14.0 Å². The average Bonchev–Trinajstić information content (AvgIpc) is 3.20. The van der Waals surface area contributed by atoms with Crippen molar-refractivity contribution < 1.29 is 13.6 Å². The average molecular weight is 431 g/mol. The van der Waals surface area contributed by atoms with Crippen LogP contribution in [0.2, 0.25) is 0 Å². The number of para-hydroxylation sites is 1. The van der Waals surface area contributed by atoms with E-state index in [-0.39, 0.29) is 23.6 Å². The molecule has 0 spiro atoms. The molecule has 5 aromatic rings. The molecule has 6 nitrogen and oxygen atoms in total. The Morgan fingerprint density at radius 2 is 1.97 bits per heavy atom. The number of amides is 1. The van der Waals surface area contributed by atoms with E-state index in [1.54, 1.807) is 48.8 Å². The van der Waals surface area contributed by atoms with E-state index < -0.39 is 5.91 Å². The fourth-order valence-electron chi connectivity index (χ4n) is 3.24. The van der Waals surface area contributed by atoms with Crippen molar-refractivity contribution in [3.63, 3.8) is 0 Å². The molecular weight excluding hydrogens is 417 g/mol. The SMILES string of the molecule is O=C(c1cc(=O)c2ccccc2o1)N(Cc1cccnc1)c1nc2ccc(F)cc2s1. The quantitative estimate of drug-likeness (QED) is 0.409. The fourth-order valence-corrected chi connectivity index (χ4v) is 4.23. The first-order valence-electron chi connectivity index (χ1n) is 9.38. The van der Waals surface area contributed by atoms with Gasteiger partial charge in [0, 0.05) is 18.5 Å². The lowest BCUT2D eigenvalue weighted by Crippen LogP contribution is -2.31. The monoisotopic (exact) mass is 431 g/mol. The Kier molecular flexibility index (Phi) is 4.76. The molecule has 152 valence electrons. The number of rotatable bonds is 4. The molecule has 5 rings (SSSR count). The zero-order valence-corrected chi connectivity index (χ0v) is 16.8. The van der Waals surface area contributed by atoms with Crippen LogP contribution in [0, 0.1) is 5.82 Å². The first kappa shape index (κ1) is 19.1. The highest BCUT2D eigenvalue weighted by Gasteiger charge is 2.25. The lowest BCUT2D eigenvalue weighted by molar-refractivity contribution is 0.0959. The smallest absolute Gasteiger partial charge is 0.296 e. The Morgan fingerprint density at radius 3 is 2.81 bits per heavy atom. The highest BCUT2D eigenvalue weighted by atomic mass is 32.1. The van der Waals surface area contributed by atoms with Gasteiger partial charge in [0.2, 0.25) is 0 Å². The number of carbonyl (C=O) groups is 1. The van der Waals surface area contributed by atoms with E-state index in [1.807, 2.05) is 6.07 Å². The number of carbonyl (C=O) groups excluding carboxylic acids is 1. The minimum absolute atomic E-state index is 0.0990. The van der Waals surface area contributed by atoms with Crippen molar-refractivity contribution in [2.24, 2.45) is 0 Å². The molecule has 0 fully saturated rings. The number of benzene rings is 2. The Morgan fingerprint density at radius 1 is 1.10 bits per heavy atom. The van der Waals surface area contributed by atoms with Crippen LogP contribution in [0.15, 0.2) is 82.3 Å². The summed E-state index contributed by atoms with van der Waals surface area (Å²) in [6, 6.07) is 15.8. The number of halogens is 1. The summed E-state index contributed by atoms with van der Waals surface area (Å²) in [6.07, 6.45) is 3.28. The zero-order chi connectivity index (χ0) is 21.4. The van der Waals surface area contributed by atoms with Gasteiger partial charge in [-0.3, -0.25) is 19.5 Å². The van der Waals surface area contributed by atoms with Crippen molar-refractivity contribution in [2.45, 2.75) is 6.54 Å². The highest BCUT2D eigenvalue weighted by molar-refractivity contribution is 7.22. The van der Waals surface area contributed by atoms with Gasteiger partial charge in [-0.2, -0.15) is 0 Å². The van der Waals surface area contributed by atoms with Crippen LogP contribution in [0.25, 0.3) is 21.2 Å². The van der Waals surface area contributed by atoms with E-state index in [2.05, 4.69) is 9.97 Å². The Balaban J connectivity index is 1.62. The summed E-state index contributed by atoms with van der Waals surface area (Å²) < 4.78 is 20.0. The summed E-state index contributed by atoms with van der Waals surface area (Å²) in [5.74, 6) is -1.00. The highest BCUT2D eigenvalue weighted by Crippen LogP contribution is 2.31. The predicted octanol–water partition coefficient (Wildman–Crippen LogP) is 4.78. The number of thiazole rings is 1. The number of nitrogens with zero attached hydrogens (tertiary/aromatic N) is 3. The normalized spacial score (nSPS) is 11.1. The van der Waals surface area contributed by atoms with Crippen molar-refractivity contribution in [1.29, 1.82) is 0 Å². The Hall–Kier alpha value is -3.91. The van der Waals surface area contributed by atoms with E-state index in [4.69, 9.17) is 4.42 Å². The fraction of sp³-hybridized carbons (Fsp3) is 0.0435. The van der Waals surface area contributed by atoms with Crippen LogP contribution >= 0.6 is 11.3 Å². The summed E-state index contributed by atoms with van der Waals surface area (Å²) in [5, 5.41) is 0.763. The van der Waals surface area contributed by atoms with Crippen LogP contribution in [0.3, 0.4) is 0 Å². The molecule has 3 heterocycles. The number of hydrogen-bond donors (Lipinski definition) is 0. The first-order chi connectivity index (χ1) is 15.1. The van der Waals surface area contributed by atoms with Crippen molar-refractivity contribution >= 4 is 43.6 Å². The molecule has 0 bridgehead atoms. The molecule has 0 N–H and O–H groups in total. The molecule has 8 heteroatoms. The summed E-state index contributed by atoms with van der Waals surface area (Å²) in [7, 11) is 0. The molecular formula is C23H14FN3O3S. The standard InChI is InChI=1S/C23H14FN3O3S/c24-15-7-8-17-21(10-15)31-23(26-17)27(13-14-4-3-9-25-12-14)22(29)20-11-18(28)16-5-1-2-6-19(16)30-20/h1-12H,13H2. The second kappa shape index (κ2) is 7.73. The molecule has 0 unspecified atom stereocenters. The zero-order valence-electron chi connectivity index (χ0n) is 16.0. The second-order valence-electron chi connectivity index (χ2n) is 6.83. The number of pyridine rings is 1. The number of fused-ring (bicyclic) bond motifs is 2. The van der Waals surface area contributed by atoms with Gasteiger partial charge in [-0.15, -0.1) is 0 Å². The van der Waals surface area contributed by atoms with E-state index in [1.165, 1.54) is 34.4 Å². The predicted molar refractivity (Wildman–Crippen MR) is 117 cm³/mol. The summed E-state index contributed by atoms with van der Waals surface area (Å²) in [4.78, 5) is 36.0. The van der Waals surface area contributed by atoms with Gasteiger partial charge in [0.15, 0.2) is 16.3 Å². The number of hydrogen-bond acceptors (Lipinski definition) is 6. The Bertz CT molecular complexity index is 1480. The molecule has 3 aromatic heterocycles. The number of anilines is 1. The van der Waals surface area contributed by atoms with Gasteiger partial charge in [-0.1, -0.05) is 29.5 Å². The molecule has 0 saturated carbocycles. The van der Waals surface area contributed by atoms with Gasteiger partial charge in [-0.25, -0.2) is 9.37 Å². The van der Waals surface area contributed by atoms with E-state index in [0.717, 1.165) is 5.56 Å². The molecule has 31 heavy (non-hydrogen) atoms. The van der Waals surface area contributed by atoms with E-state index >= 15 is 0 Å². The van der Waals surface area contributed by atoms with Crippen LogP contribution in [-0.4, -0.2) is 15.9 Å². The summed E-state index contributed by atoms with van der Waals surface area (Å²) in [6.45, 7) is 0.158. The van der Waals surface area contributed by atoms with Crippen molar-refractivity contribution in [2.75, 3.05) is 4.90 Å². The van der Waals surface area contributed by atoms with Crippen molar-refractivity contribution in [3.8, 4) is 0 Å². The van der Waals surface area contributed by atoms with Gasteiger partial charge >= 0.3 is 0 Å². The maximum absolute atomic E-state index is 13.7. The molecule has 2 aromatic carbocycles. The van der Waals surface area contributed by atoms with Gasteiger partial charge in [0.1, 0.15) is 11.4 Å². The maximum atomic E-state index is 13.7. The largest absolute Gasteiger partial charge is 0.451 e. The molecule has 0 aliphatic heterocycles.